The van der Waals surface area contributed by atoms with E-state index >= 15 is 0 Å². The topological polar surface area (TPSA) is 132 Å². The normalized spacial score (nSPS) is 22.8. The van der Waals surface area contributed by atoms with E-state index < -0.39 is 11.9 Å². The third-order valence-electron chi connectivity index (χ3n) is 6.43. The van der Waals surface area contributed by atoms with Gasteiger partial charge in [-0.05, 0) is 44.0 Å². The number of fused-ring (bicyclic) bond motifs is 2. The number of benzene rings is 1. The zero-order valence-electron chi connectivity index (χ0n) is 19.1. The zero-order chi connectivity index (χ0) is 24.3. The minimum Gasteiger partial charge on any atom is -0.478 e. The third kappa shape index (κ3) is 5.43. The number of amides is 1. The average Bonchev–Trinajstić information content (AvgIpc) is 3.09. The molecule has 2 aromatic rings. The predicted octanol–water partition coefficient (Wildman–Crippen LogP) is 1.35. The van der Waals surface area contributed by atoms with Crippen molar-refractivity contribution in [3.8, 4) is 0 Å². The van der Waals surface area contributed by atoms with E-state index in [9.17, 15) is 19.5 Å². The van der Waals surface area contributed by atoms with Crippen molar-refractivity contribution >= 4 is 28.7 Å². The van der Waals surface area contributed by atoms with Crippen molar-refractivity contribution in [2.24, 2.45) is 13.0 Å². The fraction of sp³-hybridized carbons (Fsp3) is 0.458. The minimum atomic E-state index is -1.26. The van der Waals surface area contributed by atoms with E-state index in [2.05, 4.69) is 53.3 Å². The van der Waals surface area contributed by atoms with E-state index in [1.807, 2.05) is 6.92 Å². The lowest BCUT2D eigenvalue weighted by Gasteiger charge is -2.45. The van der Waals surface area contributed by atoms with Crippen molar-refractivity contribution in [2.75, 3.05) is 20.2 Å². The van der Waals surface area contributed by atoms with E-state index in [4.69, 9.17) is 10.2 Å². The Hall–Kier alpha value is -3.17. The molecule has 178 valence electrons. The number of likely N-dealkylation sites (N-methyl/N-ethyl adjacent to an activating group) is 1. The van der Waals surface area contributed by atoms with Crippen LogP contribution >= 0.6 is 0 Å². The molecule has 4 N–H and O–H groups in total. The average molecular weight is 458 g/mol. The zero-order valence-corrected chi connectivity index (χ0v) is 19.1. The number of carbonyl (C=O) groups excluding carboxylic acids is 1. The number of carbonyl (C=O) groups is 3. The molecule has 0 spiro atoms. The van der Waals surface area contributed by atoms with Crippen molar-refractivity contribution < 1.29 is 29.7 Å². The number of carboxylic acids is 2. The lowest BCUT2D eigenvalue weighted by atomic mass is 9.72. The molecule has 4 atom stereocenters. The highest BCUT2D eigenvalue weighted by Crippen LogP contribution is 2.44. The summed E-state index contributed by atoms with van der Waals surface area (Å²) in [5, 5.41) is 29.2. The number of rotatable bonds is 5. The highest BCUT2D eigenvalue weighted by Gasteiger charge is 2.41. The van der Waals surface area contributed by atoms with E-state index in [-0.39, 0.29) is 24.5 Å². The molecule has 1 aliphatic carbocycles. The van der Waals surface area contributed by atoms with E-state index in [0.29, 0.717) is 24.1 Å². The minimum absolute atomic E-state index is 0.0208. The van der Waals surface area contributed by atoms with Crippen LogP contribution in [0.25, 0.3) is 10.9 Å². The summed E-state index contributed by atoms with van der Waals surface area (Å²) < 4.78 is 2.22. The second kappa shape index (κ2) is 10.2. The van der Waals surface area contributed by atoms with Gasteiger partial charge in [-0.15, -0.1) is 0 Å². The number of aliphatic hydroxyl groups excluding tert-OH is 1. The molecule has 0 bridgehead atoms. The molecule has 0 saturated carbocycles. The number of aromatic nitrogens is 1. The molecule has 0 radical (unpaired) electrons. The number of aryl methyl sites for hydroxylation is 1. The van der Waals surface area contributed by atoms with Crippen molar-refractivity contribution in [1.82, 2.24) is 14.8 Å². The summed E-state index contributed by atoms with van der Waals surface area (Å²) in [6, 6.07) is 6.84. The van der Waals surface area contributed by atoms with Crippen molar-refractivity contribution in [3.05, 3.63) is 47.7 Å². The van der Waals surface area contributed by atoms with E-state index in [0.717, 1.165) is 19.4 Å². The summed E-state index contributed by atoms with van der Waals surface area (Å²) in [7, 11) is 4.25. The summed E-state index contributed by atoms with van der Waals surface area (Å²) in [6.45, 7) is 2.60. The van der Waals surface area contributed by atoms with Crippen LogP contribution in [0.3, 0.4) is 0 Å². The lowest BCUT2D eigenvalue weighted by Crippen LogP contribution is -2.52. The van der Waals surface area contributed by atoms with Gasteiger partial charge in [0.2, 0.25) is 5.91 Å². The van der Waals surface area contributed by atoms with Gasteiger partial charge in [0.25, 0.3) is 0 Å². The maximum atomic E-state index is 12.6. The first-order valence-electron chi connectivity index (χ1n) is 10.9. The van der Waals surface area contributed by atoms with Crippen LogP contribution in [-0.4, -0.2) is 74.9 Å². The van der Waals surface area contributed by atoms with E-state index in [1.165, 1.54) is 22.0 Å². The maximum Gasteiger partial charge on any atom is 0.328 e. The number of carboxylic acid groups (broad SMARTS) is 2. The second-order valence-corrected chi connectivity index (χ2v) is 8.86. The van der Waals surface area contributed by atoms with Gasteiger partial charge in [0.1, 0.15) is 0 Å². The molecule has 2 heterocycles. The number of nitrogens with zero attached hydrogens (tertiary/aromatic N) is 2. The van der Waals surface area contributed by atoms with Crippen LogP contribution in [0.15, 0.2) is 36.5 Å². The molecular formula is C24H31N3O6. The predicted molar refractivity (Wildman–Crippen MR) is 123 cm³/mol. The molecule has 4 rings (SSSR count). The highest BCUT2D eigenvalue weighted by atomic mass is 16.4. The summed E-state index contributed by atoms with van der Waals surface area (Å²) in [5.41, 5.74) is 4.11. The number of likely N-dealkylation sites (tertiary alicyclic amines) is 1. The lowest BCUT2D eigenvalue weighted by molar-refractivity contribution is -0.134. The molecule has 0 unspecified atom stereocenters. The van der Waals surface area contributed by atoms with Crippen molar-refractivity contribution in [3.63, 3.8) is 0 Å². The summed E-state index contributed by atoms with van der Waals surface area (Å²) in [4.78, 5) is 34.1. The maximum absolute atomic E-state index is 12.6. The van der Waals surface area contributed by atoms with Gasteiger partial charge in [-0.3, -0.25) is 4.79 Å². The van der Waals surface area contributed by atoms with Gasteiger partial charge in [0, 0.05) is 60.8 Å². The van der Waals surface area contributed by atoms with Crippen molar-refractivity contribution in [2.45, 2.75) is 37.8 Å². The standard InChI is InChI=1S/C20H27N3O2.C4H4O4/c1-12(11-24)21-20(25)14-7-16-15-5-4-6-17-19(15)13(9-22(17)2)8-18(16)23(3)10-14;5-3(6)1-2-4(7)8/h4-6,9,12,14,16,18,24H,7-8,10-11H2,1-3H3,(H,21,25);1-2H,(H,5,6)(H,7,8)/b;2-1-/t12-,14+,16+,18+;/m0./s1. The quantitative estimate of drug-likeness (QED) is 0.498. The fourth-order valence-electron chi connectivity index (χ4n) is 4.96. The Morgan fingerprint density at radius 3 is 2.45 bits per heavy atom. The molecule has 33 heavy (non-hydrogen) atoms. The van der Waals surface area contributed by atoms with Crippen molar-refractivity contribution in [1.29, 1.82) is 0 Å². The smallest absolute Gasteiger partial charge is 0.328 e. The molecule has 1 aromatic carbocycles. The number of aliphatic hydroxyl groups is 1. The Kier molecular flexibility index (Phi) is 7.55. The summed E-state index contributed by atoms with van der Waals surface area (Å²) >= 11 is 0. The Morgan fingerprint density at radius 1 is 1.18 bits per heavy atom. The van der Waals surface area contributed by atoms with Gasteiger partial charge in [0.15, 0.2) is 0 Å². The number of hydrogen-bond acceptors (Lipinski definition) is 5. The highest BCUT2D eigenvalue weighted by molar-refractivity contribution is 5.90. The first-order chi connectivity index (χ1) is 15.6. The molecule has 9 nitrogen and oxygen atoms in total. The van der Waals surface area contributed by atoms with Crippen LogP contribution in [0.5, 0.6) is 0 Å². The summed E-state index contributed by atoms with van der Waals surface area (Å²) in [5.74, 6) is -2.09. The van der Waals surface area contributed by atoms with Crippen LogP contribution in [0.1, 0.15) is 30.4 Å². The van der Waals surface area contributed by atoms with Gasteiger partial charge >= 0.3 is 11.9 Å². The van der Waals surface area contributed by atoms with Crippen LogP contribution < -0.4 is 5.32 Å². The Labute approximate surface area is 192 Å². The van der Waals surface area contributed by atoms with Crippen LogP contribution in [0.4, 0.5) is 0 Å². The molecule has 1 saturated heterocycles. The first kappa shape index (κ1) is 24.5. The Morgan fingerprint density at radius 2 is 1.85 bits per heavy atom. The number of aliphatic carboxylic acids is 2. The second-order valence-electron chi connectivity index (χ2n) is 8.86. The third-order valence-corrected chi connectivity index (χ3v) is 6.43. The van der Waals surface area contributed by atoms with Gasteiger partial charge in [-0.1, -0.05) is 12.1 Å². The number of nitrogens with one attached hydrogen (secondary N) is 1. The Bertz CT molecular complexity index is 1060. The van der Waals surface area contributed by atoms with Gasteiger partial charge < -0.3 is 30.1 Å². The first-order valence-corrected chi connectivity index (χ1v) is 10.9. The monoisotopic (exact) mass is 457 g/mol. The number of piperidine rings is 1. The molecule has 1 aromatic heterocycles. The SMILES string of the molecule is C[C@@H](CO)NC(=O)[C@@H]1C[C@@H]2c3cccc4c3c(cn4C)C[C@H]2N(C)C1.O=C(O)/C=C\C(=O)O. The molecular weight excluding hydrogens is 426 g/mol. The number of hydrogen-bond donors (Lipinski definition) is 4. The van der Waals surface area contributed by atoms with Gasteiger partial charge in [-0.2, -0.15) is 0 Å². The van der Waals surface area contributed by atoms with Gasteiger partial charge in [-0.25, -0.2) is 9.59 Å². The fourth-order valence-corrected chi connectivity index (χ4v) is 4.96. The molecule has 2 aliphatic rings. The molecule has 1 fully saturated rings. The van der Waals surface area contributed by atoms with Gasteiger partial charge in [0.05, 0.1) is 12.5 Å². The van der Waals surface area contributed by atoms with Crippen LogP contribution in [-0.2, 0) is 27.9 Å². The van der Waals surface area contributed by atoms with E-state index in [1.54, 1.807) is 0 Å². The largest absolute Gasteiger partial charge is 0.478 e. The molecule has 1 aliphatic heterocycles. The summed E-state index contributed by atoms with van der Waals surface area (Å²) in [6.07, 6.45) is 5.31. The molecule has 9 heteroatoms. The molecule has 1 amide bonds. The van der Waals surface area contributed by atoms with Crippen LogP contribution in [0, 0.1) is 5.92 Å². The Balaban J connectivity index is 0.000000331. The van der Waals surface area contributed by atoms with Crippen LogP contribution in [0.2, 0.25) is 0 Å².